The van der Waals surface area contributed by atoms with E-state index >= 15 is 0 Å². The molecule has 0 fully saturated rings. The first kappa shape index (κ1) is 22.2. The van der Waals surface area contributed by atoms with E-state index in [9.17, 15) is 35.5 Å². The minimum absolute atomic E-state index is 0.150. The molecule has 1 unspecified atom stereocenters. The highest BCUT2D eigenvalue weighted by Crippen LogP contribution is 2.32. The van der Waals surface area contributed by atoms with E-state index in [1.807, 2.05) is 0 Å². The van der Waals surface area contributed by atoms with E-state index in [0.717, 1.165) is 24.3 Å². The molecular weight excluding hydrogens is 415 g/mol. The topological polar surface area (TPSA) is 57.7 Å². The number of hydrogen-bond donors (Lipinski definition) is 0. The molecule has 0 radical (unpaired) electrons. The van der Waals surface area contributed by atoms with E-state index in [2.05, 4.69) is 14.5 Å². The van der Waals surface area contributed by atoms with Gasteiger partial charge in [-0.25, -0.2) is 14.2 Å². The fraction of sp³-hybridized carbons (Fsp3) is 0.294. The summed E-state index contributed by atoms with van der Waals surface area (Å²) in [6.07, 6.45) is -12.3. The largest absolute Gasteiger partial charge is 0.469 e. The van der Waals surface area contributed by atoms with Crippen molar-refractivity contribution in [2.75, 3.05) is 6.61 Å². The number of pyridine rings is 1. The first-order valence-electron chi connectivity index (χ1n) is 7.82. The zero-order chi connectivity index (χ0) is 21.8. The molecule has 12 heteroatoms. The second-order valence-electron chi connectivity index (χ2n) is 5.37. The average molecular weight is 427 g/mol. The van der Waals surface area contributed by atoms with Crippen LogP contribution in [0.25, 0.3) is 0 Å². The van der Waals surface area contributed by atoms with Crippen molar-refractivity contribution >= 4 is 5.97 Å². The summed E-state index contributed by atoms with van der Waals surface area (Å²) in [5.74, 6) is -4.32. The summed E-state index contributed by atoms with van der Waals surface area (Å²) >= 11 is 0. The van der Waals surface area contributed by atoms with Crippen LogP contribution in [0.1, 0.15) is 12.5 Å². The first-order chi connectivity index (χ1) is 13.4. The third-order valence-electron chi connectivity index (χ3n) is 3.22. The number of ether oxygens (including phenoxy) is 3. The Hall–Kier alpha value is -3.05. The number of benzene rings is 1. The number of rotatable bonds is 6. The van der Waals surface area contributed by atoms with Gasteiger partial charge in [0.25, 0.3) is 12.0 Å². The third-order valence-corrected chi connectivity index (χ3v) is 3.22. The molecule has 5 nitrogen and oxygen atoms in total. The molecule has 0 aliphatic rings. The molecule has 0 bridgehead atoms. The highest BCUT2D eigenvalue weighted by atomic mass is 19.4. The zero-order valence-corrected chi connectivity index (χ0v) is 14.5. The Morgan fingerprint density at radius 3 is 2.14 bits per heavy atom. The fourth-order valence-corrected chi connectivity index (χ4v) is 1.96. The van der Waals surface area contributed by atoms with Crippen LogP contribution in [0.2, 0.25) is 0 Å². The maximum atomic E-state index is 13.7. The molecule has 2 rings (SSSR count). The highest BCUT2D eigenvalue weighted by molar-refractivity contribution is 5.76. The number of carbonyl (C=O) groups is 1. The Kier molecular flexibility index (Phi) is 6.55. The quantitative estimate of drug-likeness (QED) is 0.485. The first-order valence-corrected chi connectivity index (χ1v) is 7.82. The molecular formula is C17H12F7NO4. The molecule has 0 saturated heterocycles. The lowest BCUT2D eigenvalue weighted by atomic mass is 10.2. The molecule has 1 aromatic carbocycles. The molecule has 0 aliphatic heterocycles. The van der Waals surface area contributed by atoms with Gasteiger partial charge in [0.1, 0.15) is 11.5 Å². The van der Waals surface area contributed by atoms with Crippen molar-refractivity contribution < 1.29 is 49.7 Å². The molecule has 0 aliphatic carbocycles. The summed E-state index contributed by atoms with van der Waals surface area (Å²) in [5.41, 5.74) is -1.32. The van der Waals surface area contributed by atoms with Gasteiger partial charge in [0.05, 0.1) is 12.2 Å². The van der Waals surface area contributed by atoms with Crippen molar-refractivity contribution in [3.8, 4) is 17.4 Å². The van der Waals surface area contributed by atoms with Gasteiger partial charge >= 0.3 is 18.3 Å². The van der Waals surface area contributed by atoms with Crippen LogP contribution in [0.4, 0.5) is 30.7 Å². The van der Waals surface area contributed by atoms with Crippen LogP contribution >= 0.6 is 0 Å². The summed E-state index contributed by atoms with van der Waals surface area (Å²) in [6.45, 7) is 1.04. The molecule has 1 aromatic heterocycles. The van der Waals surface area contributed by atoms with Crippen LogP contribution in [0, 0.1) is 5.82 Å². The number of halogens is 7. The second kappa shape index (κ2) is 8.53. The van der Waals surface area contributed by atoms with Crippen molar-refractivity contribution in [2.24, 2.45) is 0 Å². The monoisotopic (exact) mass is 427 g/mol. The van der Waals surface area contributed by atoms with Gasteiger partial charge in [0.15, 0.2) is 5.82 Å². The van der Waals surface area contributed by atoms with Gasteiger partial charge in [-0.2, -0.15) is 26.3 Å². The van der Waals surface area contributed by atoms with E-state index in [-0.39, 0.29) is 24.2 Å². The van der Waals surface area contributed by atoms with Gasteiger partial charge < -0.3 is 14.2 Å². The van der Waals surface area contributed by atoms with Crippen LogP contribution in [-0.4, -0.2) is 29.8 Å². The second-order valence-corrected chi connectivity index (χ2v) is 5.37. The standard InChI is InChI=1S/C17H12F7NO4/c1-2-27-15(26)13(17(22,23)24)28-10-3-5-11(6-4-10)29-14-12(18)7-9(8-25-14)16(19,20)21/h3-8,13H,2H2,1H3. The lowest BCUT2D eigenvalue weighted by molar-refractivity contribution is -0.211. The molecule has 29 heavy (non-hydrogen) atoms. The lowest BCUT2D eigenvalue weighted by Crippen LogP contribution is -2.42. The van der Waals surface area contributed by atoms with Crippen LogP contribution in [-0.2, 0) is 15.7 Å². The van der Waals surface area contributed by atoms with E-state index in [1.165, 1.54) is 6.92 Å². The summed E-state index contributed by atoms with van der Waals surface area (Å²) < 4.78 is 104. The Balaban J connectivity index is 2.13. The van der Waals surface area contributed by atoms with E-state index in [4.69, 9.17) is 4.74 Å². The average Bonchev–Trinajstić information content (AvgIpc) is 2.61. The summed E-state index contributed by atoms with van der Waals surface area (Å²) in [4.78, 5) is 14.6. The van der Waals surface area contributed by atoms with Gasteiger partial charge in [-0.05, 0) is 37.3 Å². The van der Waals surface area contributed by atoms with E-state index in [1.54, 1.807) is 0 Å². The molecule has 158 valence electrons. The fourth-order valence-electron chi connectivity index (χ4n) is 1.96. The Morgan fingerprint density at radius 2 is 1.66 bits per heavy atom. The summed E-state index contributed by atoms with van der Waals surface area (Å²) in [7, 11) is 0. The molecule has 0 spiro atoms. The van der Waals surface area contributed by atoms with Crippen LogP contribution in [0.15, 0.2) is 36.5 Å². The van der Waals surface area contributed by atoms with Crippen molar-refractivity contribution in [3.05, 3.63) is 47.9 Å². The van der Waals surface area contributed by atoms with Crippen LogP contribution < -0.4 is 9.47 Å². The normalized spacial score (nSPS) is 13.0. The third kappa shape index (κ3) is 5.96. The predicted molar refractivity (Wildman–Crippen MR) is 82.8 cm³/mol. The Bertz CT molecular complexity index is 850. The van der Waals surface area contributed by atoms with Crippen molar-refractivity contribution in [1.29, 1.82) is 0 Å². The zero-order valence-electron chi connectivity index (χ0n) is 14.5. The molecule has 0 saturated carbocycles. The lowest BCUT2D eigenvalue weighted by Gasteiger charge is -2.20. The maximum Gasteiger partial charge on any atom is 0.436 e. The SMILES string of the molecule is CCOC(=O)C(Oc1ccc(Oc2ncc(C(F)(F)F)cc2F)cc1)C(F)(F)F. The number of hydrogen-bond acceptors (Lipinski definition) is 5. The summed E-state index contributed by atoms with van der Waals surface area (Å²) in [6, 6.07) is 4.25. The van der Waals surface area contributed by atoms with Crippen LogP contribution in [0.5, 0.6) is 17.4 Å². The Labute approximate surface area is 159 Å². The van der Waals surface area contributed by atoms with E-state index in [0.29, 0.717) is 6.20 Å². The van der Waals surface area contributed by atoms with Gasteiger partial charge in [0, 0.05) is 6.20 Å². The molecule has 2 aromatic rings. The maximum absolute atomic E-state index is 13.7. The Morgan fingerprint density at radius 1 is 1.07 bits per heavy atom. The number of esters is 1. The predicted octanol–water partition coefficient (Wildman–Crippen LogP) is 4.90. The molecule has 0 N–H and O–H groups in total. The smallest absolute Gasteiger partial charge is 0.436 e. The van der Waals surface area contributed by atoms with Gasteiger partial charge in [-0.3, -0.25) is 0 Å². The molecule has 1 heterocycles. The van der Waals surface area contributed by atoms with Crippen molar-refractivity contribution in [3.63, 3.8) is 0 Å². The minimum Gasteiger partial charge on any atom is -0.469 e. The van der Waals surface area contributed by atoms with Gasteiger partial charge in [-0.15, -0.1) is 0 Å². The highest BCUT2D eigenvalue weighted by Gasteiger charge is 2.48. The number of aromatic nitrogens is 1. The van der Waals surface area contributed by atoms with Crippen molar-refractivity contribution in [1.82, 2.24) is 4.98 Å². The van der Waals surface area contributed by atoms with Crippen LogP contribution in [0.3, 0.4) is 0 Å². The molecule has 0 amide bonds. The van der Waals surface area contributed by atoms with Gasteiger partial charge in [0.2, 0.25) is 0 Å². The minimum atomic E-state index is -5.03. The van der Waals surface area contributed by atoms with E-state index < -0.39 is 41.7 Å². The summed E-state index contributed by atoms with van der Waals surface area (Å²) in [5, 5.41) is 0. The van der Waals surface area contributed by atoms with Crippen molar-refractivity contribution in [2.45, 2.75) is 25.4 Å². The number of carbonyl (C=O) groups excluding carboxylic acids is 1. The number of nitrogens with zero attached hydrogens (tertiary/aromatic N) is 1. The van der Waals surface area contributed by atoms with Gasteiger partial charge in [-0.1, -0.05) is 0 Å². The number of alkyl halides is 6. The molecule has 1 atom stereocenters.